The van der Waals surface area contributed by atoms with E-state index < -0.39 is 0 Å². The second kappa shape index (κ2) is 7.97. The summed E-state index contributed by atoms with van der Waals surface area (Å²) < 4.78 is 6.32. The Morgan fingerprint density at radius 2 is 1.95 bits per heavy atom. The Labute approximate surface area is 139 Å². The lowest BCUT2D eigenvalue weighted by Gasteiger charge is -2.18. The molecule has 0 saturated carbocycles. The van der Waals surface area contributed by atoms with Gasteiger partial charge in [-0.1, -0.05) is 19.9 Å². The Hall–Kier alpha value is -0.840. The summed E-state index contributed by atoms with van der Waals surface area (Å²) in [6.45, 7) is 5.32. The molecule has 4 heteroatoms. The second-order valence-electron chi connectivity index (χ2n) is 4.93. The number of halogens is 1. The lowest BCUT2D eigenvalue weighted by molar-refractivity contribution is 0.411. The van der Waals surface area contributed by atoms with Gasteiger partial charge in [-0.25, -0.2) is 0 Å². The molecule has 1 atom stereocenters. The van der Waals surface area contributed by atoms with E-state index in [1.807, 2.05) is 17.4 Å². The molecule has 2 aromatic rings. The largest absolute Gasteiger partial charge is 0.496 e. The van der Waals surface area contributed by atoms with E-state index in [2.05, 4.69) is 59.4 Å². The number of likely N-dealkylation sites (N-methyl/N-ethyl adjacent to an activating group) is 1. The van der Waals surface area contributed by atoms with Gasteiger partial charge < -0.3 is 10.1 Å². The molecule has 114 valence electrons. The predicted octanol–water partition coefficient (Wildman–Crippen LogP) is 4.97. The first-order valence-electron chi connectivity index (χ1n) is 7.32. The van der Waals surface area contributed by atoms with Crippen molar-refractivity contribution in [1.29, 1.82) is 0 Å². The van der Waals surface area contributed by atoms with Gasteiger partial charge in [-0.05, 0) is 58.7 Å². The van der Waals surface area contributed by atoms with Crippen molar-refractivity contribution in [2.24, 2.45) is 0 Å². The van der Waals surface area contributed by atoms with E-state index in [-0.39, 0.29) is 0 Å². The third-order valence-corrected chi connectivity index (χ3v) is 5.37. The summed E-state index contributed by atoms with van der Waals surface area (Å²) in [6, 6.07) is 11.2. The normalized spacial score (nSPS) is 12.4. The van der Waals surface area contributed by atoms with Gasteiger partial charge >= 0.3 is 0 Å². The van der Waals surface area contributed by atoms with E-state index in [0.717, 1.165) is 29.6 Å². The number of nitrogens with one attached hydrogen (secondary N) is 1. The zero-order valence-corrected chi connectivity index (χ0v) is 15.2. The Balaban J connectivity index is 2.19. The summed E-state index contributed by atoms with van der Waals surface area (Å²) >= 11 is 5.49. The van der Waals surface area contributed by atoms with E-state index in [0.29, 0.717) is 6.04 Å². The number of rotatable bonds is 7. The highest BCUT2D eigenvalue weighted by Gasteiger charge is 2.14. The zero-order valence-electron chi connectivity index (χ0n) is 12.8. The molecule has 0 amide bonds. The number of benzene rings is 1. The van der Waals surface area contributed by atoms with Crippen LogP contribution in [0.25, 0.3) is 0 Å². The van der Waals surface area contributed by atoms with Crippen LogP contribution in [0.3, 0.4) is 0 Å². The monoisotopic (exact) mass is 367 g/mol. The van der Waals surface area contributed by atoms with Gasteiger partial charge in [0.05, 0.1) is 11.6 Å². The summed E-state index contributed by atoms with van der Waals surface area (Å²) in [6.07, 6.45) is 2.14. The van der Waals surface area contributed by atoms with Gasteiger partial charge in [-0.15, -0.1) is 11.3 Å². The molecule has 0 aliphatic heterocycles. The lowest BCUT2D eigenvalue weighted by Crippen LogP contribution is -2.22. The SMILES string of the molecule is CCNC(Cc1ccc(CC)s1)c1ccc(OC)c(Br)c1. The molecule has 0 bridgehead atoms. The number of aryl methyl sites for hydroxylation is 1. The van der Waals surface area contributed by atoms with Crippen molar-refractivity contribution in [3.05, 3.63) is 50.1 Å². The Morgan fingerprint density at radius 1 is 1.19 bits per heavy atom. The lowest BCUT2D eigenvalue weighted by atomic mass is 10.0. The Bertz CT molecular complexity index is 582. The maximum absolute atomic E-state index is 5.31. The minimum Gasteiger partial charge on any atom is -0.496 e. The van der Waals surface area contributed by atoms with Crippen LogP contribution in [-0.4, -0.2) is 13.7 Å². The second-order valence-corrected chi connectivity index (χ2v) is 7.04. The minimum absolute atomic E-state index is 0.334. The molecular weight excluding hydrogens is 346 g/mol. The summed E-state index contributed by atoms with van der Waals surface area (Å²) in [5, 5.41) is 3.58. The van der Waals surface area contributed by atoms with E-state index in [9.17, 15) is 0 Å². The van der Waals surface area contributed by atoms with Crippen LogP contribution in [0.4, 0.5) is 0 Å². The number of thiophene rings is 1. The molecule has 0 aliphatic rings. The standard InChI is InChI=1S/C17H22BrNOS/c1-4-13-7-8-14(21-13)11-16(19-5-2)12-6-9-17(20-3)15(18)10-12/h6-10,16,19H,4-5,11H2,1-3H3. The van der Waals surface area contributed by atoms with Crippen LogP contribution in [0, 0.1) is 0 Å². The third kappa shape index (κ3) is 4.31. The molecule has 0 spiro atoms. The molecular formula is C17H22BrNOS. The van der Waals surface area contributed by atoms with Gasteiger partial charge in [0.2, 0.25) is 0 Å². The van der Waals surface area contributed by atoms with Crippen LogP contribution in [0.2, 0.25) is 0 Å². The van der Waals surface area contributed by atoms with Crippen molar-refractivity contribution in [2.45, 2.75) is 32.7 Å². The van der Waals surface area contributed by atoms with E-state index in [1.165, 1.54) is 15.3 Å². The first kappa shape index (κ1) is 16.5. The molecule has 0 aliphatic carbocycles. The molecule has 21 heavy (non-hydrogen) atoms. The van der Waals surface area contributed by atoms with Gasteiger partial charge in [-0.3, -0.25) is 0 Å². The van der Waals surface area contributed by atoms with Crippen molar-refractivity contribution in [3.8, 4) is 5.75 Å². The topological polar surface area (TPSA) is 21.3 Å². The fourth-order valence-electron chi connectivity index (χ4n) is 2.38. The molecule has 1 heterocycles. The van der Waals surface area contributed by atoms with Gasteiger partial charge in [0.1, 0.15) is 5.75 Å². The molecule has 1 N–H and O–H groups in total. The van der Waals surface area contributed by atoms with Crippen molar-refractivity contribution in [1.82, 2.24) is 5.32 Å². The number of hydrogen-bond acceptors (Lipinski definition) is 3. The fraction of sp³-hybridized carbons (Fsp3) is 0.412. The average Bonchev–Trinajstić information content (AvgIpc) is 2.94. The maximum atomic E-state index is 5.31. The first-order valence-corrected chi connectivity index (χ1v) is 8.93. The quantitative estimate of drug-likeness (QED) is 0.745. The van der Waals surface area contributed by atoms with Gasteiger partial charge in [0.25, 0.3) is 0 Å². The highest BCUT2D eigenvalue weighted by molar-refractivity contribution is 9.10. The number of ether oxygens (including phenoxy) is 1. The summed E-state index contributed by atoms with van der Waals surface area (Å²) in [5.74, 6) is 0.874. The zero-order chi connectivity index (χ0) is 15.2. The van der Waals surface area contributed by atoms with E-state index >= 15 is 0 Å². The van der Waals surface area contributed by atoms with Gasteiger partial charge in [0.15, 0.2) is 0 Å². The van der Waals surface area contributed by atoms with E-state index in [4.69, 9.17) is 4.74 Å². The Kier molecular flexibility index (Phi) is 6.27. The van der Waals surface area contributed by atoms with Crippen molar-refractivity contribution in [3.63, 3.8) is 0 Å². The number of hydrogen-bond donors (Lipinski definition) is 1. The molecule has 1 aromatic heterocycles. The van der Waals surface area contributed by atoms with Crippen molar-refractivity contribution in [2.75, 3.05) is 13.7 Å². The summed E-state index contributed by atoms with van der Waals surface area (Å²) in [5.41, 5.74) is 1.29. The fourth-order valence-corrected chi connectivity index (χ4v) is 3.94. The Morgan fingerprint density at radius 3 is 2.52 bits per heavy atom. The molecule has 2 rings (SSSR count). The van der Waals surface area contributed by atoms with Crippen LogP contribution in [0.15, 0.2) is 34.8 Å². The molecule has 0 fully saturated rings. The smallest absolute Gasteiger partial charge is 0.133 e. The molecule has 2 nitrogen and oxygen atoms in total. The predicted molar refractivity (Wildman–Crippen MR) is 94.5 cm³/mol. The van der Waals surface area contributed by atoms with Crippen LogP contribution >= 0.6 is 27.3 Å². The van der Waals surface area contributed by atoms with Crippen LogP contribution < -0.4 is 10.1 Å². The molecule has 1 unspecified atom stereocenters. The van der Waals surface area contributed by atoms with Gasteiger partial charge in [0, 0.05) is 22.2 Å². The third-order valence-electron chi connectivity index (χ3n) is 3.50. The molecule has 0 radical (unpaired) electrons. The van der Waals surface area contributed by atoms with Crippen LogP contribution in [0.5, 0.6) is 5.75 Å². The minimum atomic E-state index is 0.334. The van der Waals surface area contributed by atoms with Crippen molar-refractivity contribution < 1.29 is 4.74 Å². The highest BCUT2D eigenvalue weighted by Crippen LogP contribution is 2.30. The number of methoxy groups -OCH3 is 1. The van der Waals surface area contributed by atoms with Crippen LogP contribution in [0.1, 0.15) is 35.2 Å². The van der Waals surface area contributed by atoms with Crippen molar-refractivity contribution >= 4 is 27.3 Å². The maximum Gasteiger partial charge on any atom is 0.133 e. The van der Waals surface area contributed by atoms with E-state index in [1.54, 1.807) is 7.11 Å². The van der Waals surface area contributed by atoms with Gasteiger partial charge in [-0.2, -0.15) is 0 Å². The van der Waals surface area contributed by atoms with Crippen LogP contribution in [-0.2, 0) is 12.8 Å². The molecule has 0 saturated heterocycles. The highest BCUT2D eigenvalue weighted by atomic mass is 79.9. The summed E-state index contributed by atoms with van der Waals surface area (Å²) in [7, 11) is 1.69. The summed E-state index contributed by atoms with van der Waals surface area (Å²) in [4.78, 5) is 2.89. The average molecular weight is 368 g/mol. The first-order chi connectivity index (χ1) is 10.2. The molecule has 1 aromatic carbocycles.